The van der Waals surface area contributed by atoms with Crippen molar-refractivity contribution in [3.63, 3.8) is 0 Å². The third kappa shape index (κ3) is 3.81. The molecule has 0 amide bonds. The van der Waals surface area contributed by atoms with E-state index >= 15 is 0 Å². The van der Waals surface area contributed by atoms with Crippen molar-refractivity contribution in [2.45, 2.75) is 25.0 Å². The summed E-state index contributed by atoms with van der Waals surface area (Å²) in [6.07, 6.45) is 1.98. The van der Waals surface area contributed by atoms with Crippen LogP contribution >= 0.6 is 34.2 Å². The number of rotatable bonds is 4. The molecule has 2 rings (SSSR count). The van der Waals surface area contributed by atoms with Crippen LogP contribution in [-0.2, 0) is 16.1 Å². The first-order valence-corrected chi connectivity index (χ1v) is 7.67. The lowest BCUT2D eigenvalue weighted by atomic mass is 9.96. The van der Waals surface area contributed by atoms with Crippen LogP contribution in [0.2, 0.25) is 5.02 Å². The minimum atomic E-state index is -0.00154. The van der Waals surface area contributed by atoms with Crippen molar-refractivity contribution in [3.05, 3.63) is 34.9 Å². The van der Waals surface area contributed by atoms with Crippen molar-refractivity contribution in [2.75, 3.05) is 17.6 Å². The molecule has 1 saturated heterocycles. The van der Waals surface area contributed by atoms with E-state index in [9.17, 15) is 0 Å². The van der Waals surface area contributed by atoms with Crippen LogP contribution < -0.4 is 0 Å². The number of ether oxygens (including phenoxy) is 2. The second-order valence-electron chi connectivity index (χ2n) is 4.34. The van der Waals surface area contributed by atoms with Gasteiger partial charge in [0.1, 0.15) is 0 Å². The van der Waals surface area contributed by atoms with E-state index in [4.69, 9.17) is 21.1 Å². The molecule has 1 aliphatic heterocycles. The Morgan fingerprint density at radius 3 is 2.47 bits per heavy atom. The van der Waals surface area contributed by atoms with Gasteiger partial charge < -0.3 is 9.47 Å². The van der Waals surface area contributed by atoms with Gasteiger partial charge in [-0.3, -0.25) is 0 Å². The summed E-state index contributed by atoms with van der Waals surface area (Å²) in [6.45, 7) is 2.27. The number of hydrogen-bond acceptors (Lipinski definition) is 2. The van der Waals surface area contributed by atoms with Gasteiger partial charge in [-0.2, -0.15) is 0 Å². The summed E-state index contributed by atoms with van der Waals surface area (Å²) in [6, 6.07) is 7.84. The van der Waals surface area contributed by atoms with Crippen molar-refractivity contribution in [1.29, 1.82) is 0 Å². The molecule has 1 fully saturated rings. The molecule has 0 aromatic heterocycles. The smallest absolute Gasteiger partial charge is 0.0819 e. The van der Waals surface area contributed by atoms with Crippen molar-refractivity contribution < 1.29 is 9.47 Å². The first kappa shape index (κ1) is 13.6. The maximum atomic E-state index is 6.12. The fourth-order valence-corrected chi connectivity index (χ4v) is 2.99. The van der Waals surface area contributed by atoms with Crippen LogP contribution in [-0.4, -0.2) is 23.2 Å². The highest BCUT2D eigenvalue weighted by atomic mass is 127. The Labute approximate surface area is 121 Å². The highest BCUT2D eigenvalue weighted by Gasteiger charge is 2.32. The minimum absolute atomic E-state index is 0.00154. The molecular formula is C13H16ClIO2. The Balaban J connectivity index is 1.93. The molecule has 17 heavy (non-hydrogen) atoms. The predicted molar refractivity (Wildman–Crippen MR) is 77.9 cm³/mol. The van der Waals surface area contributed by atoms with E-state index in [-0.39, 0.29) is 5.60 Å². The third-order valence-electron chi connectivity index (χ3n) is 3.11. The molecule has 0 unspecified atom stereocenters. The van der Waals surface area contributed by atoms with E-state index in [0.717, 1.165) is 35.5 Å². The molecule has 0 bridgehead atoms. The summed E-state index contributed by atoms with van der Waals surface area (Å²) >= 11 is 8.26. The summed E-state index contributed by atoms with van der Waals surface area (Å²) in [4.78, 5) is 0. The minimum Gasteiger partial charge on any atom is -0.381 e. The SMILES string of the molecule is Clc1ccc(COC2(CI)CCOCC2)cc1. The average Bonchev–Trinajstić information content (AvgIpc) is 2.39. The molecule has 0 N–H and O–H groups in total. The second-order valence-corrected chi connectivity index (χ2v) is 5.54. The lowest BCUT2D eigenvalue weighted by molar-refractivity contribution is -0.102. The summed E-state index contributed by atoms with van der Waals surface area (Å²) in [5.74, 6) is 0. The van der Waals surface area contributed by atoms with E-state index in [1.165, 1.54) is 5.56 Å². The number of halogens is 2. The van der Waals surface area contributed by atoms with Gasteiger partial charge in [0.25, 0.3) is 0 Å². The standard InChI is InChI=1S/C13H16ClIO2/c14-12-3-1-11(2-4-12)9-17-13(10-15)5-7-16-8-6-13/h1-4H,5-10H2. The maximum absolute atomic E-state index is 6.12. The fourth-order valence-electron chi connectivity index (χ4n) is 1.88. The Kier molecular flexibility index (Phi) is 5.09. The van der Waals surface area contributed by atoms with Crippen molar-refractivity contribution in [1.82, 2.24) is 0 Å². The van der Waals surface area contributed by atoms with E-state index in [1.54, 1.807) is 0 Å². The highest BCUT2D eigenvalue weighted by molar-refractivity contribution is 14.1. The molecule has 1 heterocycles. The van der Waals surface area contributed by atoms with E-state index in [2.05, 4.69) is 22.6 Å². The zero-order valence-electron chi connectivity index (χ0n) is 9.62. The van der Waals surface area contributed by atoms with Crippen molar-refractivity contribution in [2.24, 2.45) is 0 Å². The monoisotopic (exact) mass is 366 g/mol. The summed E-state index contributed by atoms with van der Waals surface area (Å²) in [5, 5.41) is 0.767. The molecule has 0 aliphatic carbocycles. The van der Waals surface area contributed by atoms with Crippen LogP contribution in [0, 0.1) is 0 Å². The summed E-state index contributed by atoms with van der Waals surface area (Å²) in [5.41, 5.74) is 1.17. The largest absolute Gasteiger partial charge is 0.381 e. The topological polar surface area (TPSA) is 18.5 Å². The highest BCUT2D eigenvalue weighted by Crippen LogP contribution is 2.28. The van der Waals surface area contributed by atoms with Gasteiger partial charge >= 0.3 is 0 Å². The molecule has 2 nitrogen and oxygen atoms in total. The third-order valence-corrected chi connectivity index (χ3v) is 4.75. The van der Waals surface area contributed by atoms with Gasteiger partial charge in [-0.25, -0.2) is 0 Å². The number of hydrogen-bond donors (Lipinski definition) is 0. The predicted octanol–water partition coefficient (Wildman–Crippen LogP) is 3.84. The number of alkyl halides is 1. The quantitative estimate of drug-likeness (QED) is 0.595. The Morgan fingerprint density at radius 1 is 1.24 bits per heavy atom. The molecular weight excluding hydrogens is 350 g/mol. The van der Waals surface area contributed by atoms with Crippen LogP contribution in [0.5, 0.6) is 0 Å². The molecule has 0 radical (unpaired) electrons. The van der Waals surface area contributed by atoms with Gasteiger partial charge in [0.05, 0.1) is 12.2 Å². The fraction of sp³-hybridized carbons (Fsp3) is 0.538. The Hall–Kier alpha value is 0.160. The van der Waals surface area contributed by atoms with Gasteiger partial charge in [-0.05, 0) is 17.7 Å². The zero-order chi connectivity index (χ0) is 12.1. The maximum Gasteiger partial charge on any atom is 0.0819 e. The lowest BCUT2D eigenvalue weighted by Crippen LogP contribution is -2.40. The molecule has 94 valence electrons. The Morgan fingerprint density at radius 2 is 1.88 bits per heavy atom. The molecule has 1 aromatic carbocycles. The van der Waals surface area contributed by atoms with Gasteiger partial charge in [0, 0.05) is 35.5 Å². The molecule has 4 heteroatoms. The van der Waals surface area contributed by atoms with Crippen LogP contribution in [0.1, 0.15) is 18.4 Å². The zero-order valence-corrected chi connectivity index (χ0v) is 12.5. The van der Waals surface area contributed by atoms with Crippen LogP contribution in [0.25, 0.3) is 0 Å². The Bertz CT molecular complexity index is 347. The molecule has 0 atom stereocenters. The van der Waals surface area contributed by atoms with Crippen LogP contribution in [0.4, 0.5) is 0 Å². The molecule has 0 spiro atoms. The van der Waals surface area contributed by atoms with Crippen molar-refractivity contribution in [3.8, 4) is 0 Å². The summed E-state index contributed by atoms with van der Waals surface area (Å²) < 4.78 is 12.5. The first-order chi connectivity index (χ1) is 8.24. The van der Waals surface area contributed by atoms with Gasteiger partial charge in [0.15, 0.2) is 0 Å². The van der Waals surface area contributed by atoms with Crippen LogP contribution in [0.15, 0.2) is 24.3 Å². The first-order valence-electron chi connectivity index (χ1n) is 5.76. The van der Waals surface area contributed by atoms with Gasteiger partial charge in [-0.15, -0.1) is 0 Å². The van der Waals surface area contributed by atoms with Gasteiger partial charge in [-0.1, -0.05) is 46.3 Å². The van der Waals surface area contributed by atoms with Gasteiger partial charge in [0.2, 0.25) is 0 Å². The van der Waals surface area contributed by atoms with E-state index in [0.29, 0.717) is 6.61 Å². The van der Waals surface area contributed by atoms with Crippen molar-refractivity contribution >= 4 is 34.2 Å². The van der Waals surface area contributed by atoms with Crippen LogP contribution in [0.3, 0.4) is 0 Å². The van der Waals surface area contributed by atoms with E-state index in [1.807, 2.05) is 24.3 Å². The summed E-state index contributed by atoms with van der Waals surface area (Å²) in [7, 11) is 0. The lowest BCUT2D eigenvalue weighted by Gasteiger charge is -2.35. The number of benzene rings is 1. The normalized spacial score (nSPS) is 19.2. The molecule has 1 aromatic rings. The van der Waals surface area contributed by atoms with E-state index < -0.39 is 0 Å². The molecule has 0 saturated carbocycles. The average molecular weight is 367 g/mol. The molecule has 1 aliphatic rings. The second kappa shape index (κ2) is 6.36.